The SMILES string of the molecule is C[C@@H]1[C@@H](OC(=O)CCC(=O)NCCCC(=O)ON2C(=O)CCC2=O)O[C@H]2O[C@@]3(C)CC[C@H]4[C@H](C)CC[C@H]1[C@]24OO3. The van der Waals surface area contributed by atoms with Crippen LogP contribution in [0.1, 0.15) is 85.0 Å². The van der Waals surface area contributed by atoms with Crippen molar-refractivity contribution in [2.45, 2.75) is 109 Å². The topological polar surface area (TPSA) is 156 Å². The molecule has 1 N–H and O–H groups in total. The Morgan fingerprint density at radius 3 is 2.48 bits per heavy atom. The molecule has 3 amide bonds. The summed E-state index contributed by atoms with van der Waals surface area (Å²) in [5.74, 6) is -3.21. The molecule has 6 fully saturated rings. The Kier molecular flexibility index (Phi) is 8.20. The van der Waals surface area contributed by atoms with Crippen LogP contribution in [0.3, 0.4) is 0 Å². The van der Waals surface area contributed by atoms with Gasteiger partial charge in [0.05, 0.1) is 6.42 Å². The van der Waals surface area contributed by atoms with Crippen molar-refractivity contribution in [3.63, 3.8) is 0 Å². The van der Waals surface area contributed by atoms with E-state index in [1.54, 1.807) is 0 Å². The van der Waals surface area contributed by atoms with E-state index in [1.165, 1.54) is 0 Å². The van der Waals surface area contributed by atoms with Crippen LogP contribution in [0.2, 0.25) is 0 Å². The van der Waals surface area contributed by atoms with Gasteiger partial charge >= 0.3 is 11.9 Å². The molecule has 2 bridgehead atoms. The van der Waals surface area contributed by atoms with E-state index in [0.29, 0.717) is 17.4 Å². The third kappa shape index (κ3) is 5.48. The summed E-state index contributed by atoms with van der Waals surface area (Å²) in [6, 6.07) is 0. The number of imide groups is 1. The Labute approximate surface area is 232 Å². The maximum Gasteiger partial charge on any atom is 0.333 e. The highest BCUT2D eigenvalue weighted by Crippen LogP contribution is 2.60. The molecule has 5 aliphatic heterocycles. The summed E-state index contributed by atoms with van der Waals surface area (Å²) in [4.78, 5) is 76.4. The first kappa shape index (κ1) is 28.9. The molecule has 13 heteroatoms. The maximum atomic E-state index is 12.7. The number of amides is 3. The third-order valence-corrected chi connectivity index (χ3v) is 8.98. The maximum absolute atomic E-state index is 12.7. The monoisotopic (exact) mass is 566 g/mol. The van der Waals surface area contributed by atoms with Gasteiger partial charge in [0.25, 0.3) is 11.8 Å². The lowest BCUT2D eigenvalue weighted by Gasteiger charge is -2.59. The molecule has 13 nitrogen and oxygen atoms in total. The summed E-state index contributed by atoms with van der Waals surface area (Å²) in [7, 11) is 0. The Hall–Kier alpha value is -2.61. The van der Waals surface area contributed by atoms with Crippen LogP contribution >= 0.6 is 0 Å². The summed E-state index contributed by atoms with van der Waals surface area (Å²) < 4.78 is 18.2. The highest BCUT2D eigenvalue weighted by atomic mass is 17.3. The van der Waals surface area contributed by atoms with Gasteiger partial charge in [-0.15, -0.1) is 5.06 Å². The molecule has 0 aromatic carbocycles. The van der Waals surface area contributed by atoms with Gasteiger partial charge in [0, 0.05) is 50.5 Å². The van der Waals surface area contributed by atoms with Crippen LogP contribution in [0.15, 0.2) is 0 Å². The van der Waals surface area contributed by atoms with Crippen LogP contribution in [0, 0.1) is 23.7 Å². The fraction of sp³-hybridized carbons (Fsp3) is 0.815. The van der Waals surface area contributed by atoms with Gasteiger partial charge in [0.15, 0.2) is 11.9 Å². The molecule has 222 valence electrons. The number of hydrogen-bond donors (Lipinski definition) is 1. The highest BCUT2D eigenvalue weighted by molar-refractivity contribution is 6.01. The number of fused-ring (bicyclic) bond motifs is 2. The highest BCUT2D eigenvalue weighted by Gasteiger charge is 2.69. The van der Waals surface area contributed by atoms with E-state index >= 15 is 0 Å². The van der Waals surface area contributed by atoms with E-state index in [2.05, 4.69) is 12.2 Å². The second-order valence-corrected chi connectivity index (χ2v) is 11.8. The van der Waals surface area contributed by atoms with Gasteiger partial charge in [-0.05, 0) is 44.4 Å². The summed E-state index contributed by atoms with van der Waals surface area (Å²) >= 11 is 0. The molecular weight excluding hydrogens is 528 g/mol. The van der Waals surface area contributed by atoms with Crippen LogP contribution in [0.5, 0.6) is 0 Å². The quantitative estimate of drug-likeness (QED) is 0.188. The molecule has 6 aliphatic rings. The van der Waals surface area contributed by atoms with Crippen molar-refractivity contribution in [1.29, 1.82) is 0 Å². The molecular formula is C27H38N2O11. The average Bonchev–Trinajstić information content (AvgIpc) is 3.07. The lowest BCUT2D eigenvalue weighted by Crippen LogP contribution is -2.70. The van der Waals surface area contributed by atoms with Crippen molar-refractivity contribution in [3.8, 4) is 0 Å². The van der Waals surface area contributed by atoms with E-state index in [1.807, 2.05) is 13.8 Å². The van der Waals surface area contributed by atoms with Crippen LogP contribution in [0.4, 0.5) is 0 Å². The number of rotatable bonds is 9. The molecule has 40 heavy (non-hydrogen) atoms. The minimum absolute atomic E-state index is 0.0181. The molecule has 5 heterocycles. The van der Waals surface area contributed by atoms with E-state index < -0.39 is 47.7 Å². The summed E-state index contributed by atoms with van der Waals surface area (Å²) in [5, 5.41) is 3.12. The first-order chi connectivity index (χ1) is 19.0. The van der Waals surface area contributed by atoms with E-state index in [-0.39, 0.29) is 68.7 Å². The van der Waals surface area contributed by atoms with Gasteiger partial charge in [-0.3, -0.25) is 19.2 Å². The fourth-order valence-electron chi connectivity index (χ4n) is 6.76. The fourth-order valence-corrected chi connectivity index (χ4v) is 6.76. The predicted molar refractivity (Wildman–Crippen MR) is 132 cm³/mol. The number of carbonyl (C=O) groups is 5. The van der Waals surface area contributed by atoms with Crippen molar-refractivity contribution in [2.75, 3.05) is 6.54 Å². The number of nitrogens with zero attached hydrogens (tertiary/aromatic N) is 1. The predicted octanol–water partition coefficient (Wildman–Crippen LogP) is 2.02. The number of carbonyl (C=O) groups excluding carboxylic acids is 5. The molecule has 5 saturated heterocycles. The van der Waals surface area contributed by atoms with Crippen LogP contribution < -0.4 is 5.32 Å². The number of ether oxygens (including phenoxy) is 3. The smallest absolute Gasteiger partial charge is 0.333 e. The molecule has 0 unspecified atom stereocenters. The second kappa shape index (κ2) is 11.3. The van der Waals surface area contributed by atoms with Gasteiger partial charge in [0.2, 0.25) is 18.0 Å². The first-order valence-corrected chi connectivity index (χ1v) is 14.3. The number of esters is 1. The average molecular weight is 567 g/mol. The van der Waals surface area contributed by atoms with Gasteiger partial charge < -0.3 is 24.4 Å². The zero-order valence-corrected chi connectivity index (χ0v) is 23.2. The van der Waals surface area contributed by atoms with Crippen molar-refractivity contribution in [1.82, 2.24) is 10.4 Å². The zero-order chi connectivity index (χ0) is 28.7. The largest absolute Gasteiger partial charge is 0.435 e. The van der Waals surface area contributed by atoms with Gasteiger partial charge in [-0.1, -0.05) is 13.8 Å². The first-order valence-electron chi connectivity index (χ1n) is 14.3. The van der Waals surface area contributed by atoms with Crippen LogP contribution in [-0.2, 0) is 52.8 Å². The van der Waals surface area contributed by atoms with Gasteiger partial charge in [0.1, 0.15) is 0 Å². The number of hydroxylamine groups is 2. The molecule has 1 aliphatic carbocycles. The Balaban J connectivity index is 1.06. The minimum atomic E-state index is -0.926. The molecule has 0 radical (unpaired) electrons. The Morgan fingerprint density at radius 1 is 0.975 bits per heavy atom. The summed E-state index contributed by atoms with van der Waals surface area (Å²) in [6.45, 7) is 6.20. The molecule has 6 rings (SSSR count). The number of nitrogens with one attached hydrogen (secondary N) is 1. The van der Waals surface area contributed by atoms with Gasteiger partial charge in [-0.25, -0.2) is 14.6 Å². The Bertz CT molecular complexity index is 1040. The second-order valence-electron chi connectivity index (χ2n) is 11.8. The third-order valence-electron chi connectivity index (χ3n) is 8.98. The lowest BCUT2D eigenvalue weighted by atomic mass is 9.58. The van der Waals surface area contributed by atoms with E-state index in [0.717, 1.165) is 19.3 Å². The van der Waals surface area contributed by atoms with Crippen LogP contribution in [0.25, 0.3) is 0 Å². The van der Waals surface area contributed by atoms with E-state index in [4.69, 9.17) is 28.8 Å². The number of hydrogen-bond acceptors (Lipinski definition) is 11. The summed E-state index contributed by atoms with van der Waals surface area (Å²) in [6.07, 6.45) is 1.89. The molecule has 1 saturated carbocycles. The standard InChI is InChI=1S/C27H38N2O11/c1-15-6-7-18-16(2)24(36-25-27(18)17(15)12-13-26(3,37-25)39-40-27)35-22(33)11-8-19(30)28-14-4-5-23(34)38-29-20(31)9-10-21(29)32/h15-18,24-25H,4-14H2,1-3H3,(H,28,30)/t15-,16+,17+,18-,24+,25+,26-,27+/m1/s1. The zero-order valence-electron chi connectivity index (χ0n) is 23.2. The van der Waals surface area contributed by atoms with Crippen molar-refractivity contribution in [2.24, 2.45) is 23.7 Å². The molecule has 8 atom stereocenters. The van der Waals surface area contributed by atoms with Crippen molar-refractivity contribution < 1.29 is 52.8 Å². The normalized spacial score (nSPS) is 38.4. The van der Waals surface area contributed by atoms with Crippen LogP contribution in [-0.4, -0.2) is 65.2 Å². The van der Waals surface area contributed by atoms with E-state index in [9.17, 15) is 24.0 Å². The Morgan fingerprint density at radius 2 is 1.73 bits per heavy atom. The molecule has 0 aromatic heterocycles. The minimum Gasteiger partial charge on any atom is -0.435 e. The van der Waals surface area contributed by atoms with Crippen molar-refractivity contribution >= 4 is 29.7 Å². The lowest BCUT2D eigenvalue weighted by molar-refractivity contribution is -0.576. The molecule has 1 spiro atoms. The van der Waals surface area contributed by atoms with Crippen molar-refractivity contribution in [3.05, 3.63) is 0 Å². The summed E-state index contributed by atoms with van der Waals surface area (Å²) in [5.41, 5.74) is -0.748. The molecule has 0 aromatic rings. The van der Waals surface area contributed by atoms with Gasteiger partial charge in [-0.2, -0.15) is 0 Å².